The summed E-state index contributed by atoms with van der Waals surface area (Å²) in [6.07, 6.45) is 0.660. The van der Waals surface area contributed by atoms with Gasteiger partial charge in [-0.25, -0.2) is 4.79 Å². The predicted molar refractivity (Wildman–Crippen MR) is 151 cm³/mol. The van der Waals surface area contributed by atoms with E-state index in [4.69, 9.17) is 25.8 Å². The molecule has 0 bridgehead atoms. The minimum atomic E-state index is -4.59. The monoisotopic (exact) mass is 603 g/mol. The van der Waals surface area contributed by atoms with Crippen molar-refractivity contribution in [3.05, 3.63) is 34.9 Å². The van der Waals surface area contributed by atoms with Gasteiger partial charge in [0.05, 0.1) is 13.7 Å². The Balaban J connectivity index is 2.36. The normalized spacial score (nSPS) is 17.9. The molecule has 226 valence electrons. The van der Waals surface area contributed by atoms with E-state index in [0.29, 0.717) is 27.9 Å². The third-order valence-corrected chi connectivity index (χ3v) is 8.07. The molecule has 1 aliphatic rings. The zero-order valence-electron chi connectivity index (χ0n) is 24.4. The molecular formula is C27H42ClN3O8S. The number of hydrogen-bond donors (Lipinski definition) is 1. The zero-order chi connectivity index (χ0) is 30.4. The standard InChI is InChI=1S/C27H42ClN3O8S/c1-25(2,3)38-23(33)27(14-8-16-29-27)15-9-17-30(19-22(32)37-7)40(35,36)31(24(34)39-26(4,5)6)18-20-10-12-21(28)13-11-20/h10-13,29H,8-9,14-19H2,1-7H3/t27-/m0/s1. The third kappa shape index (κ3) is 9.90. The maximum Gasteiger partial charge on any atom is 0.425 e. The van der Waals surface area contributed by atoms with Crippen molar-refractivity contribution in [3.8, 4) is 0 Å². The zero-order valence-corrected chi connectivity index (χ0v) is 26.0. The molecule has 1 N–H and O–H groups in total. The average molecular weight is 604 g/mol. The molecule has 1 fully saturated rings. The van der Waals surface area contributed by atoms with Gasteiger partial charge < -0.3 is 19.5 Å². The minimum Gasteiger partial charge on any atom is -0.468 e. The van der Waals surface area contributed by atoms with E-state index >= 15 is 0 Å². The molecule has 1 heterocycles. The molecule has 1 amide bonds. The summed E-state index contributed by atoms with van der Waals surface area (Å²) in [6.45, 7) is 9.68. The van der Waals surface area contributed by atoms with E-state index in [2.05, 4.69) is 5.32 Å². The van der Waals surface area contributed by atoms with Crippen LogP contribution >= 0.6 is 11.6 Å². The van der Waals surface area contributed by atoms with E-state index in [-0.39, 0.29) is 25.9 Å². The first kappa shape index (κ1) is 33.8. The Bertz CT molecular complexity index is 1140. The van der Waals surface area contributed by atoms with Gasteiger partial charge in [0.25, 0.3) is 0 Å². The Morgan fingerprint density at radius 3 is 2.12 bits per heavy atom. The van der Waals surface area contributed by atoms with E-state index in [1.54, 1.807) is 65.8 Å². The molecule has 2 rings (SSSR count). The van der Waals surface area contributed by atoms with Crippen LogP contribution in [-0.2, 0) is 40.6 Å². The lowest BCUT2D eigenvalue weighted by molar-refractivity contribution is -0.163. The summed E-state index contributed by atoms with van der Waals surface area (Å²) in [6, 6.07) is 6.34. The van der Waals surface area contributed by atoms with Crippen LogP contribution in [0.1, 0.15) is 72.8 Å². The summed E-state index contributed by atoms with van der Waals surface area (Å²) in [5, 5.41) is 3.68. The van der Waals surface area contributed by atoms with Crippen LogP contribution in [0.3, 0.4) is 0 Å². The molecular weight excluding hydrogens is 562 g/mol. The molecule has 0 radical (unpaired) electrons. The molecule has 0 spiro atoms. The van der Waals surface area contributed by atoms with Crippen molar-refractivity contribution in [2.75, 3.05) is 26.7 Å². The summed E-state index contributed by atoms with van der Waals surface area (Å²) >= 11 is 5.97. The Kier molecular flexibility index (Phi) is 11.4. The molecule has 40 heavy (non-hydrogen) atoms. The van der Waals surface area contributed by atoms with Crippen LogP contribution in [0.2, 0.25) is 5.02 Å². The fraction of sp³-hybridized carbons (Fsp3) is 0.667. The van der Waals surface area contributed by atoms with E-state index in [1.165, 1.54) is 0 Å². The van der Waals surface area contributed by atoms with Gasteiger partial charge in [0.15, 0.2) is 0 Å². The number of methoxy groups -OCH3 is 1. The van der Waals surface area contributed by atoms with Gasteiger partial charge in [0.1, 0.15) is 23.3 Å². The first-order valence-electron chi connectivity index (χ1n) is 13.2. The second kappa shape index (κ2) is 13.5. The molecule has 1 aromatic rings. The summed E-state index contributed by atoms with van der Waals surface area (Å²) in [4.78, 5) is 38.5. The largest absolute Gasteiger partial charge is 0.468 e. The van der Waals surface area contributed by atoms with E-state index in [1.807, 2.05) is 0 Å². The molecule has 0 saturated carbocycles. The lowest BCUT2D eigenvalue weighted by Gasteiger charge is -2.33. The Labute approximate surface area is 242 Å². The maximum atomic E-state index is 13.9. The topological polar surface area (TPSA) is 132 Å². The second-order valence-corrected chi connectivity index (χ2v) is 14.0. The lowest BCUT2D eigenvalue weighted by atomic mass is 9.91. The summed E-state index contributed by atoms with van der Waals surface area (Å²) in [5.41, 5.74) is -2.16. The van der Waals surface area contributed by atoms with Gasteiger partial charge in [-0.15, -0.1) is 0 Å². The summed E-state index contributed by atoms with van der Waals surface area (Å²) in [5.74, 6) is -1.21. The number of hydrogen-bond acceptors (Lipinski definition) is 9. The van der Waals surface area contributed by atoms with Crippen LogP contribution in [-0.4, -0.2) is 78.5 Å². The van der Waals surface area contributed by atoms with Crippen molar-refractivity contribution in [1.82, 2.24) is 13.9 Å². The smallest absolute Gasteiger partial charge is 0.425 e. The number of nitrogens with zero attached hydrogens (tertiary/aromatic N) is 2. The number of halogens is 1. The number of carbonyl (C=O) groups is 3. The van der Waals surface area contributed by atoms with E-state index in [9.17, 15) is 22.8 Å². The van der Waals surface area contributed by atoms with Crippen molar-refractivity contribution in [1.29, 1.82) is 0 Å². The van der Waals surface area contributed by atoms with Crippen LogP contribution < -0.4 is 5.32 Å². The Hall–Kier alpha value is -2.41. The molecule has 0 aromatic heterocycles. The van der Waals surface area contributed by atoms with Crippen molar-refractivity contribution < 1.29 is 37.0 Å². The number of benzene rings is 1. The number of carbonyl (C=O) groups excluding carboxylic acids is 3. The predicted octanol–water partition coefficient (Wildman–Crippen LogP) is 4.04. The highest BCUT2D eigenvalue weighted by Crippen LogP contribution is 2.29. The fourth-order valence-electron chi connectivity index (χ4n) is 4.16. The highest BCUT2D eigenvalue weighted by atomic mass is 35.5. The summed E-state index contributed by atoms with van der Waals surface area (Å²) in [7, 11) is -3.45. The SMILES string of the molecule is COC(=O)CN(CCC[C@]1(C(=O)OC(C)(C)C)CCCN1)S(=O)(=O)N(Cc1ccc(Cl)cc1)C(=O)OC(C)(C)C. The second-order valence-electron chi connectivity index (χ2n) is 11.7. The maximum absolute atomic E-state index is 13.9. The van der Waals surface area contributed by atoms with Crippen LogP contribution in [0.25, 0.3) is 0 Å². The Morgan fingerprint density at radius 1 is 1.02 bits per heavy atom. The van der Waals surface area contributed by atoms with E-state index < -0.39 is 51.5 Å². The van der Waals surface area contributed by atoms with Crippen LogP contribution in [0.4, 0.5) is 4.79 Å². The van der Waals surface area contributed by atoms with Gasteiger partial charge in [0.2, 0.25) is 0 Å². The first-order valence-corrected chi connectivity index (χ1v) is 15.0. The van der Waals surface area contributed by atoms with Gasteiger partial charge in [-0.05, 0) is 91.5 Å². The van der Waals surface area contributed by atoms with Crippen LogP contribution in [0.5, 0.6) is 0 Å². The molecule has 1 saturated heterocycles. The fourth-order valence-corrected chi connectivity index (χ4v) is 5.73. The Morgan fingerprint density at radius 2 is 1.62 bits per heavy atom. The van der Waals surface area contributed by atoms with Crippen molar-refractivity contribution in [2.45, 2.75) is 90.5 Å². The lowest BCUT2D eigenvalue weighted by Crippen LogP contribution is -2.52. The summed E-state index contributed by atoms with van der Waals surface area (Å²) < 4.78 is 45.1. The number of amides is 1. The average Bonchev–Trinajstić information content (AvgIpc) is 3.30. The number of nitrogens with one attached hydrogen (secondary N) is 1. The molecule has 1 atom stereocenters. The van der Waals surface area contributed by atoms with Crippen LogP contribution in [0.15, 0.2) is 24.3 Å². The van der Waals surface area contributed by atoms with Crippen molar-refractivity contribution in [2.24, 2.45) is 0 Å². The highest BCUT2D eigenvalue weighted by molar-refractivity contribution is 7.87. The molecule has 0 aliphatic carbocycles. The number of ether oxygens (including phenoxy) is 3. The quantitative estimate of drug-likeness (QED) is 0.294. The molecule has 11 nitrogen and oxygen atoms in total. The number of esters is 2. The molecule has 1 aliphatic heterocycles. The number of rotatable bonds is 11. The van der Waals surface area contributed by atoms with Gasteiger partial charge in [-0.1, -0.05) is 23.7 Å². The van der Waals surface area contributed by atoms with Gasteiger partial charge in [-0.2, -0.15) is 17.0 Å². The van der Waals surface area contributed by atoms with Gasteiger partial charge >= 0.3 is 28.2 Å². The third-order valence-electron chi connectivity index (χ3n) is 6.02. The van der Waals surface area contributed by atoms with Crippen molar-refractivity contribution in [3.63, 3.8) is 0 Å². The molecule has 1 aromatic carbocycles. The minimum absolute atomic E-state index is 0.163. The first-order chi connectivity index (χ1) is 18.4. The van der Waals surface area contributed by atoms with Gasteiger partial charge in [0, 0.05) is 11.6 Å². The molecule has 0 unspecified atom stereocenters. The van der Waals surface area contributed by atoms with Gasteiger partial charge in [-0.3, -0.25) is 9.59 Å². The molecule has 13 heteroatoms. The van der Waals surface area contributed by atoms with Crippen LogP contribution in [0, 0.1) is 0 Å². The van der Waals surface area contributed by atoms with Crippen molar-refractivity contribution >= 4 is 39.8 Å². The highest BCUT2D eigenvalue weighted by Gasteiger charge is 2.44. The van der Waals surface area contributed by atoms with E-state index in [0.717, 1.165) is 17.8 Å².